The van der Waals surface area contributed by atoms with Crippen LogP contribution in [0.2, 0.25) is 0 Å². The Balaban J connectivity index is -0.000000109. The Bertz CT molecular complexity index is 904. The summed E-state index contributed by atoms with van der Waals surface area (Å²) in [4.78, 5) is 0. The van der Waals surface area contributed by atoms with E-state index in [0.717, 1.165) is 20.8 Å². The van der Waals surface area contributed by atoms with Gasteiger partial charge in [-0.25, -0.2) is 13.2 Å². The molecule has 0 aliphatic rings. The van der Waals surface area contributed by atoms with E-state index in [4.69, 9.17) is 16.2 Å². The number of ether oxygens (including phenoxy) is 3. The lowest BCUT2D eigenvalue weighted by atomic mass is 10.3. The molecule has 45 heavy (non-hydrogen) atoms. The number of halogens is 21. The summed E-state index contributed by atoms with van der Waals surface area (Å²) in [5.74, 6) is -7.88. The topological polar surface area (TPSA) is 99.2 Å². The first-order chi connectivity index (χ1) is 19.9. The molecule has 0 saturated carbocycles. The van der Waals surface area contributed by atoms with Gasteiger partial charge in [0.1, 0.15) is 0 Å². The number of nitrogens with one attached hydrogen (secondary N) is 3. The summed E-state index contributed by atoms with van der Waals surface area (Å²) in [6, 6.07) is -8.11. The Morgan fingerprint density at radius 2 is 0.756 bits per heavy atom. The molecule has 0 spiro atoms. The normalized spacial score (nSPS) is 9.87. The van der Waals surface area contributed by atoms with Crippen LogP contribution >= 0.6 is 0 Å². The molecule has 0 heterocycles. The summed E-state index contributed by atoms with van der Waals surface area (Å²) >= 11 is 0. The highest BCUT2D eigenvalue weighted by Gasteiger charge is 2.60. The van der Waals surface area contributed by atoms with Crippen molar-refractivity contribution in [1.29, 1.82) is 16.2 Å². The van der Waals surface area contributed by atoms with Gasteiger partial charge < -0.3 is 14.2 Å². The van der Waals surface area contributed by atoms with Gasteiger partial charge in [-0.15, -0.1) is 0 Å². The summed E-state index contributed by atoms with van der Waals surface area (Å²) < 4.78 is 244. The zero-order chi connectivity index (χ0) is 37.9. The molecule has 0 radical (unpaired) electrons. The van der Waals surface area contributed by atoms with Gasteiger partial charge in [0.05, 0.1) is 0 Å². The fraction of sp³-hybridized carbons (Fsp3) is 0.500. The summed E-state index contributed by atoms with van der Waals surface area (Å²) in [5, 5.41) is 17.5. The smallest absolute Gasteiger partial charge is 0.435 e. The Kier molecular flexibility index (Phi) is 33.0. The maximum atomic E-state index is 12.0. The molecule has 0 aliphatic carbocycles. The second kappa shape index (κ2) is 27.7. The zero-order valence-electron chi connectivity index (χ0n) is 21.8. The molecule has 0 amide bonds. The molecule has 270 valence electrons. The predicted octanol–water partition coefficient (Wildman–Crippen LogP) is 10.7. The third-order valence-electron chi connectivity index (χ3n) is 1.83. The molecule has 0 atom stereocenters. The van der Waals surface area contributed by atoms with Crippen LogP contribution in [0.4, 0.5) is 92.2 Å². The summed E-state index contributed by atoms with van der Waals surface area (Å²) in [6.07, 6.45) is -19.3. The van der Waals surface area contributed by atoms with Crippen LogP contribution in [0.3, 0.4) is 0 Å². The number of rotatable bonds is 9. The van der Waals surface area contributed by atoms with E-state index in [2.05, 4.69) is 14.2 Å². The number of hydrogen-bond acceptors (Lipinski definition) is 6. The molecule has 0 bridgehead atoms. The molecule has 0 unspecified atom stereocenters. The lowest BCUT2D eigenvalue weighted by Crippen LogP contribution is -2.44. The van der Waals surface area contributed by atoms with E-state index >= 15 is 0 Å². The Hall–Kier alpha value is -3.84. The van der Waals surface area contributed by atoms with E-state index in [9.17, 15) is 92.2 Å². The van der Waals surface area contributed by atoms with Crippen molar-refractivity contribution in [3.63, 3.8) is 0 Å². The maximum absolute atomic E-state index is 12.0. The van der Waals surface area contributed by atoms with Gasteiger partial charge in [-0.2, -0.15) is 79.0 Å². The fourth-order valence-electron chi connectivity index (χ4n) is 0.603. The van der Waals surface area contributed by atoms with Crippen LogP contribution in [-0.2, 0) is 14.2 Å². The minimum atomic E-state index is -5.67. The quantitative estimate of drug-likeness (QED) is 0.125. The van der Waals surface area contributed by atoms with Crippen molar-refractivity contribution in [1.82, 2.24) is 0 Å². The average Bonchev–Trinajstić information content (AvgIpc) is 2.83. The van der Waals surface area contributed by atoms with Crippen molar-refractivity contribution in [2.75, 3.05) is 20.2 Å². The van der Waals surface area contributed by atoms with E-state index < -0.39 is 92.5 Å². The van der Waals surface area contributed by atoms with Crippen LogP contribution in [0.1, 0.15) is 20.8 Å². The largest absolute Gasteiger partial charge is 0.468 e. The van der Waals surface area contributed by atoms with Gasteiger partial charge in [-0.1, -0.05) is 0 Å². The predicted molar refractivity (Wildman–Crippen MR) is 111 cm³/mol. The van der Waals surface area contributed by atoms with E-state index in [-0.39, 0.29) is 0 Å². The third kappa shape index (κ3) is 44.7. The maximum Gasteiger partial charge on any atom is 0.468 e. The molecule has 0 aromatic rings. The molecule has 27 heteroatoms. The molecule has 0 fully saturated rings. The minimum absolute atomic E-state index is 0.833. The van der Waals surface area contributed by atoms with Gasteiger partial charge in [0, 0.05) is 20.8 Å². The molecule has 0 saturated heterocycles. The van der Waals surface area contributed by atoms with Gasteiger partial charge in [0.25, 0.3) is 0 Å². The first-order valence-corrected chi connectivity index (χ1v) is 9.47. The van der Waals surface area contributed by atoms with Gasteiger partial charge in [-0.05, 0) is 0 Å². The van der Waals surface area contributed by atoms with E-state index in [0.29, 0.717) is 0 Å². The summed E-state index contributed by atoms with van der Waals surface area (Å²) in [5.41, 5.74) is 0. The highest BCUT2D eigenvalue weighted by Crippen LogP contribution is 2.38. The lowest BCUT2D eigenvalue weighted by Gasteiger charge is -2.22. The van der Waals surface area contributed by atoms with Crippen molar-refractivity contribution < 1.29 is 106 Å². The Morgan fingerprint density at radius 3 is 0.933 bits per heavy atom. The van der Waals surface area contributed by atoms with Crippen molar-refractivity contribution in [3.8, 4) is 0 Å². The first-order valence-electron chi connectivity index (χ1n) is 9.47. The van der Waals surface area contributed by atoms with E-state index in [1.807, 2.05) is 0 Å². The van der Waals surface area contributed by atoms with Crippen LogP contribution in [0.15, 0.2) is 36.3 Å². The van der Waals surface area contributed by atoms with Crippen molar-refractivity contribution in [3.05, 3.63) is 36.3 Å². The molecular weight excluding hydrogens is 705 g/mol. The SMILES string of the molecule is CC(=N)F.CC(=N)F.CC(=N)F.FCC(F)(F)C(F)(F)OC(F)=C(F)F.FCC(F)(F)OC(F)=C(F)F.FCOC(F)=C(F)F. The van der Waals surface area contributed by atoms with Crippen LogP contribution < -0.4 is 0 Å². The van der Waals surface area contributed by atoms with Crippen LogP contribution in [0, 0.1) is 16.2 Å². The molecule has 0 aromatic heterocycles. The Labute approximate surface area is 237 Å². The number of hydrogen-bond donors (Lipinski definition) is 3. The minimum Gasteiger partial charge on any atom is -0.435 e. The fourth-order valence-corrected chi connectivity index (χ4v) is 0.603. The summed E-state index contributed by atoms with van der Waals surface area (Å²) in [6.45, 7) is -3.57. The summed E-state index contributed by atoms with van der Waals surface area (Å²) in [7, 11) is 0. The first kappa shape index (κ1) is 53.7. The third-order valence-corrected chi connectivity index (χ3v) is 1.83. The molecular formula is C18H18F21N3O3. The highest BCUT2D eigenvalue weighted by molar-refractivity contribution is 5.68. The zero-order valence-corrected chi connectivity index (χ0v) is 21.8. The molecule has 0 aliphatic heterocycles. The van der Waals surface area contributed by atoms with Crippen LogP contribution in [0.25, 0.3) is 0 Å². The molecule has 6 nitrogen and oxygen atoms in total. The van der Waals surface area contributed by atoms with E-state index in [1.54, 1.807) is 0 Å². The van der Waals surface area contributed by atoms with Gasteiger partial charge in [0.15, 0.2) is 31.2 Å². The molecule has 3 N–H and O–H groups in total. The Morgan fingerprint density at radius 1 is 0.489 bits per heavy atom. The average molecular weight is 723 g/mol. The van der Waals surface area contributed by atoms with Gasteiger partial charge in [-0.3, -0.25) is 16.2 Å². The lowest BCUT2D eigenvalue weighted by molar-refractivity contribution is -0.342. The van der Waals surface area contributed by atoms with Crippen molar-refractivity contribution in [2.24, 2.45) is 0 Å². The molecule has 0 rings (SSSR count). The van der Waals surface area contributed by atoms with Crippen LogP contribution in [0.5, 0.6) is 0 Å². The monoisotopic (exact) mass is 723 g/mol. The molecule has 0 aromatic carbocycles. The van der Waals surface area contributed by atoms with Crippen molar-refractivity contribution >= 4 is 17.9 Å². The standard InChI is InChI=1S/C5H2F8O.C4H2F6O.C3H2F4O.3C2H4FN/c6-1-4(10,11)5(12,13)14-3(9)2(7)8;5-1-4(9,10)11-3(8)2(6)7;4-1-8-3(7)2(5)6;3*1-2(3)4/h1H2;1H2;1H2;3*4H,1H3. The highest BCUT2D eigenvalue weighted by atomic mass is 19.3. The second-order valence-corrected chi connectivity index (χ2v) is 5.79. The van der Waals surface area contributed by atoms with Gasteiger partial charge >= 0.3 is 54.4 Å². The van der Waals surface area contributed by atoms with Crippen LogP contribution in [-0.4, -0.2) is 56.2 Å². The van der Waals surface area contributed by atoms with Crippen molar-refractivity contribution in [2.45, 2.75) is 38.9 Å². The van der Waals surface area contributed by atoms with Gasteiger partial charge in [0.2, 0.25) is 6.86 Å². The number of alkyl halides is 9. The second-order valence-electron chi connectivity index (χ2n) is 5.79. The van der Waals surface area contributed by atoms with E-state index in [1.165, 1.54) is 0 Å².